The molecule has 0 amide bonds. The van der Waals surface area contributed by atoms with E-state index in [1.54, 1.807) is 37.4 Å². The molecule has 0 aliphatic rings. The van der Waals surface area contributed by atoms with Crippen molar-refractivity contribution in [2.24, 2.45) is 0 Å². The van der Waals surface area contributed by atoms with E-state index in [4.69, 9.17) is 0 Å². The quantitative estimate of drug-likeness (QED) is 0.916. The van der Waals surface area contributed by atoms with Gasteiger partial charge in [-0.05, 0) is 43.2 Å². The van der Waals surface area contributed by atoms with Crippen molar-refractivity contribution < 1.29 is 13.5 Å². The van der Waals surface area contributed by atoms with Crippen LogP contribution in [0.2, 0.25) is 0 Å². The number of nitrogens with zero attached hydrogens (tertiary/aromatic N) is 1. The van der Waals surface area contributed by atoms with Gasteiger partial charge in [-0.25, -0.2) is 8.42 Å². The third kappa shape index (κ3) is 3.28. The predicted molar refractivity (Wildman–Crippen MR) is 85.2 cm³/mol. The molecule has 1 aromatic heterocycles. The third-order valence-corrected chi connectivity index (χ3v) is 7.16. The Bertz CT molecular complexity index is 705. The topological polar surface area (TPSA) is 57.6 Å². The molecule has 114 valence electrons. The number of sulfonamides is 1. The zero-order valence-electron chi connectivity index (χ0n) is 12.3. The summed E-state index contributed by atoms with van der Waals surface area (Å²) in [6, 6.07) is 9.81. The van der Waals surface area contributed by atoms with Crippen LogP contribution in [0.3, 0.4) is 0 Å². The number of benzene rings is 1. The van der Waals surface area contributed by atoms with Gasteiger partial charge >= 0.3 is 0 Å². The minimum absolute atomic E-state index is 0.169. The van der Waals surface area contributed by atoms with Crippen molar-refractivity contribution in [2.45, 2.75) is 30.5 Å². The Morgan fingerprint density at radius 2 is 1.81 bits per heavy atom. The van der Waals surface area contributed by atoms with Crippen LogP contribution in [-0.4, -0.2) is 24.9 Å². The molecule has 0 saturated carbocycles. The molecule has 21 heavy (non-hydrogen) atoms. The predicted octanol–water partition coefficient (Wildman–Crippen LogP) is 3.40. The summed E-state index contributed by atoms with van der Waals surface area (Å²) < 4.78 is 27.0. The summed E-state index contributed by atoms with van der Waals surface area (Å²) >= 11 is 1.31. The molecule has 0 spiro atoms. The lowest BCUT2D eigenvalue weighted by atomic mass is 10.1. The maximum absolute atomic E-state index is 12.6. The second-order valence-electron chi connectivity index (χ2n) is 4.86. The highest BCUT2D eigenvalue weighted by Crippen LogP contribution is 2.30. The summed E-state index contributed by atoms with van der Waals surface area (Å²) in [5.74, 6) is 0.169. The van der Waals surface area contributed by atoms with Gasteiger partial charge in [0.05, 0.1) is 0 Å². The lowest BCUT2D eigenvalue weighted by Crippen LogP contribution is -2.29. The maximum Gasteiger partial charge on any atom is 0.252 e. The zero-order chi connectivity index (χ0) is 15.6. The minimum Gasteiger partial charge on any atom is -0.508 e. The molecule has 6 heteroatoms. The van der Waals surface area contributed by atoms with Gasteiger partial charge in [-0.3, -0.25) is 0 Å². The molecule has 0 saturated heterocycles. The van der Waals surface area contributed by atoms with E-state index < -0.39 is 10.0 Å². The highest BCUT2D eigenvalue weighted by atomic mass is 32.2. The average molecular weight is 325 g/mol. The highest BCUT2D eigenvalue weighted by Gasteiger charge is 2.27. The summed E-state index contributed by atoms with van der Waals surface area (Å²) in [7, 11) is -1.91. The van der Waals surface area contributed by atoms with Crippen LogP contribution < -0.4 is 0 Å². The monoisotopic (exact) mass is 325 g/mol. The van der Waals surface area contributed by atoms with Gasteiger partial charge < -0.3 is 5.11 Å². The van der Waals surface area contributed by atoms with Crippen LogP contribution in [0, 0.1) is 0 Å². The summed E-state index contributed by atoms with van der Waals surface area (Å²) in [6.07, 6.45) is 0.831. The van der Waals surface area contributed by atoms with Crippen LogP contribution in [0.4, 0.5) is 0 Å². The van der Waals surface area contributed by atoms with E-state index >= 15 is 0 Å². The highest BCUT2D eigenvalue weighted by molar-refractivity contribution is 7.91. The SMILES string of the molecule is CCc1ccc(S(=O)(=O)N(C)C(C)c2ccc(O)cc2)s1. The average Bonchev–Trinajstić information content (AvgIpc) is 2.96. The Kier molecular flexibility index (Phi) is 4.70. The van der Waals surface area contributed by atoms with E-state index in [9.17, 15) is 13.5 Å². The third-order valence-electron chi connectivity index (χ3n) is 3.54. The number of hydrogen-bond donors (Lipinski definition) is 1. The molecule has 1 aromatic carbocycles. The molecule has 0 aliphatic heterocycles. The fourth-order valence-electron chi connectivity index (χ4n) is 2.00. The number of phenolic OH excluding ortho intramolecular Hbond substituents is 1. The van der Waals surface area contributed by atoms with Gasteiger partial charge in [0.25, 0.3) is 10.0 Å². The molecular weight excluding hydrogens is 306 g/mol. The largest absolute Gasteiger partial charge is 0.508 e. The lowest BCUT2D eigenvalue weighted by Gasteiger charge is -2.24. The van der Waals surface area contributed by atoms with Crippen molar-refractivity contribution in [3.8, 4) is 5.75 Å². The number of thiophene rings is 1. The standard InChI is InChI=1S/C15H19NO3S2/c1-4-14-9-10-15(20-14)21(18,19)16(3)11(2)12-5-7-13(17)8-6-12/h5-11,17H,4H2,1-3H3. The lowest BCUT2D eigenvalue weighted by molar-refractivity contribution is 0.399. The van der Waals surface area contributed by atoms with E-state index in [2.05, 4.69) is 0 Å². The Morgan fingerprint density at radius 3 is 2.33 bits per heavy atom. The summed E-state index contributed by atoms with van der Waals surface area (Å²) in [5.41, 5.74) is 0.839. The molecule has 0 radical (unpaired) electrons. The summed E-state index contributed by atoms with van der Waals surface area (Å²) in [6.45, 7) is 3.84. The van der Waals surface area contributed by atoms with E-state index in [-0.39, 0.29) is 11.8 Å². The molecule has 2 rings (SSSR count). The van der Waals surface area contributed by atoms with Crippen molar-refractivity contribution in [1.82, 2.24) is 4.31 Å². The zero-order valence-corrected chi connectivity index (χ0v) is 13.9. The van der Waals surface area contributed by atoms with Gasteiger partial charge in [-0.15, -0.1) is 11.3 Å². The van der Waals surface area contributed by atoms with Gasteiger partial charge in [0.1, 0.15) is 9.96 Å². The fourth-order valence-corrected chi connectivity index (χ4v) is 4.83. The van der Waals surface area contributed by atoms with Crippen LogP contribution in [0.15, 0.2) is 40.6 Å². The van der Waals surface area contributed by atoms with Crippen molar-refractivity contribution in [3.63, 3.8) is 0 Å². The van der Waals surface area contributed by atoms with Crippen LogP contribution in [0.5, 0.6) is 5.75 Å². The second kappa shape index (κ2) is 6.17. The van der Waals surface area contributed by atoms with Gasteiger partial charge in [-0.1, -0.05) is 19.1 Å². The first-order chi connectivity index (χ1) is 9.86. The Labute approximate surface area is 129 Å². The molecule has 1 heterocycles. The van der Waals surface area contributed by atoms with Crippen molar-refractivity contribution in [1.29, 1.82) is 0 Å². The van der Waals surface area contributed by atoms with Crippen LogP contribution in [0.1, 0.15) is 30.3 Å². The molecule has 1 unspecified atom stereocenters. The van der Waals surface area contributed by atoms with Crippen molar-refractivity contribution in [3.05, 3.63) is 46.8 Å². The molecule has 4 nitrogen and oxygen atoms in total. The van der Waals surface area contributed by atoms with Crippen LogP contribution in [-0.2, 0) is 16.4 Å². The van der Waals surface area contributed by atoms with E-state index in [0.29, 0.717) is 4.21 Å². The van der Waals surface area contributed by atoms with Gasteiger partial charge in [0.2, 0.25) is 0 Å². The molecule has 1 atom stereocenters. The van der Waals surface area contributed by atoms with Gasteiger partial charge in [-0.2, -0.15) is 4.31 Å². The molecule has 2 aromatic rings. The van der Waals surface area contributed by atoms with Crippen LogP contribution >= 0.6 is 11.3 Å². The number of aryl methyl sites for hydroxylation is 1. The number of rotatable bonds is 5. The number of aromatic hydroxyl groups is 1. The summed E-state index contributed by atoms with van der Waals surface area (Å²) in [4.78, 5) is 1.05. The van der Waals surface area contributed by atoms with E-state index in [1.165, 1.54) is 15.6 Å². The van der Waals surface area contributed by atoms with Crippen molar-refractivity contribution >= 4 is 21.4 Å². The first-order valence-corrected chi connectivity index (χ1v) is 8.97. The summed E-state index contributed by atoms with van der Waals surface area (Å²) in [5, 5.41) is 9.31. The molecule has 0 bridgehead atoms. The van der Waals surface area contributed by atoms with Gasteiger partial charge in [0, 0.05) is 18.0 Å². The second-order valence-corrected chi connectivity index (χ2v) is 8.26. The number of hydrogen-bond acceptors (Lipinski definition) is 4. The Balaban J connectivity index is 2.28. The molecule has 0 aliphatic carbocycles. The van der Waals surface area contributed by atoms with Crippen LogP contribution in [0.25, 0.3) is 0 Å². The fraction of sp³-hybridized carbons (Fsp3) is 0.333. The van der Waals surface area contributed by atoms with E-state index in [0.717, 1.165) is 16.9 Å². The normalized spacial score (nSPS) is 13.5. The van der Waals surface area contributed by atoms with E-state index in [1.807, 2.05) is 19.9 Å². The first kappa shape index (κ1) is 16.0. The first-order valence-electron chi connectivity index (χ1n) is 6.72. The number of phenols is 1. The Hall–Kier alpha value is -1.37. The molecule has 1 N–H and O–H groups in total. The van der Waals surface area contributed by atoms with Gasteiger partial charge in [0.15, 0.2) is 0 Å². The molecular formula is C15H19NO3S2. The molecule has 0 fully saturated rings. The smallest absolute Gasteiger partial charge is 0.252 e. The Morgan fingerprint density at radius 1 is 1.19 bits per heavy atom. The van der Waals surface area contributed by atoms with Crippen molar-refractivity contribution in [2.75, 3.05) is 7.05 Å². The minimum atomic E-state index is -3.50. The maximum atomic E-state index is 12.6.